The smallest absolute Gasteiger partial charge is 0.365 e. The number of anilines is 2. The van der Waals surface area contributed by atoms with Gasteiger partial charge in [0.25, 0.3) is 0 Å². The molecule has 0 radical (unpaired) electrons. The van der Waals surface area contributed by atoms with Crippen molar-refractivity contribution < 1.29 is 9.53 Å². The molecule has 2 aliphatic heterocycles. The minimum atomic E-state index is -1.01. The summed E-state index contributed by atoms with van der Waals surface area (Å²) < 4.78 is 4.98. The minimum Gasteiger partial charge on any atom is -0.464 e. The van der Waals surface area contributed by atoms with E-state index in [1.807, 2.05) is 83.9 Å². The van der Waals surface area contributed by atoms with E-state index < -0.39 is 11.0 Å². The van der Waals surface area contributed by atoms with Crippen molar-refractivity contribution >= 4 is 63.1 Å². The van der Waals surface area contributed by atoms with Gasteiger partial charge in [0.15, 0.2) is 0 Å². The SMILES string of the molecule is COC(=O)C1=NN(c2cccc(Cl)c2)[C@]2(C=CC(c3ccc(Cl)cc3)=NN2c2ccccc2)S1. The Hall–Kier alpha value is -3.26. The molecule has 5 rings (SSSR count). The molecule has 9 heteroatoms. The Kier molecular flexibility index (Phi) is 6.08. The van der Waals surface area contributed by atoms with E-state index >= 15 is 0 Å². The van der Waals surface area contributed by atoms with Gasteiger partial charge in [-0.15, -0.1) is 0 Å². The molecule has 0 saturated heterocycles. The van der Waals surface area contributed by atoms with Crippen LogP contribution in [0.4, 0.5) is 11.4 Å². The third kappa shape index (κ3) is 4.07. The van der Waals surface area contributed by atoms with Crippen LogP contribution in [0.5, 0.6) is 0 Å². The van der Waals surface area contributed by atoms with Crippen LogP contribution in [0.1, 0.15) is 5.56 Å². The molecule has 0 amide bonds. The molecule has 0 bridgehead atoms. The normalized spacial score (nSPS) is 19.3. The number of hydrogen-bond donors (Lipinski definition) is 0. The van der Waals surface area contributed by atoms with E-state index in [4.69, 9.17) is 33.0 Å². The lowest BCUT2D eigenvalue weighted by atomic mass is 10.1. The predicted octanol–water partition coefficient (Wildman–Crippen LogP) is 6.17. The highest BCUT2D eigenvalue weighted by Crippen LogP contribution is 2.48. The van der Waals surface area contributed by atoms with Crippen LogP contribution in [-0.2, 0) is 9.53 Å². The van der Waals surface area contributed by atoms with Crippen LogP contribution in [0.25, 0.3) is 0 Å². The van der Waals surface area contributed by atoms with Gasteiger partial charge < -0.3 is 4.74 Å². The second-order valence-electron chi connectivity index (χ2n) is 7.42. The highest BCUT2D eigenvalue weighted by Gasteiger charge is 2.51. The Morgan fingerprint density at radius 3 is 2.29 bits per heavy atom. The number of carbonyl (C=O) groups excluding carboxylic acids is 1. The molecule has 1 atom stereocenters. The molecule has 1 spiro atoms. The predicted molar refractivity (Wildman–Crippen MR) is 140 cm³/mol. The summed E-state index contributed by atoms with van der Waals surface area (Å²) >= 11 is 13.6. The highest BCUT2D eigenvalue weighted by atomic mass is 35.5. The van der Waals surface area contributed by atoms with Crippen LogP contribution in [0.3, 0.4) is 0 Å². The van der Waals surface area contributed by atoms with Crippen molar-refractivity contribution in [2.75, 3.05) is 17.1 Å². The van der Waals surface area contributed by atoms with Gasteiger partial charge in [-0.25, -0.2) is 14.8 Å². The topological polar surface area (TPSA) is 57.5 Å². The standard InChI is InChI=1S/C25H18Cl2N4O2S/c1-33-24(32)23-29-31(21-9-5-6-19(27)16-21)25(34-23)15-14-22(17-10-12-18(26)13-11-17)28-30(25)20-7-3-2-4-8-20/h2-16H,1H3/t25-/m1/s1. The van der Waals surface area contributed by atoms with E-state index in [-0.39, 0.29) is 5.04 Å². The number of nitrogens with zero attached hydrogens (tertiary/aromatic N) is 4. The van der Waals surface area contributed by atoms with Crippen molar-refractivity contribution in [2.24, 2.45) is 10.2 Å². The Morgan fingerprint density at radius 2 is 1.59 bits per heavy atom. The van der Waals surface area contributed by atoms with E-state index in [2.05, 4.69) is 5.10 Å². The van der Waals surface area contributed by atoms with Gasteiger partial charge in [-0.2, -0.15) is 10.2 Å². The van der Waals surface area contributed by atoms with E-state index in [0.29, 0.717) is 15.7 Å². The quantitative estimate of drug-likeness (QED) is 0.394. The number of thioether (sulfide) groups is 1. The van der Waals surface area contributed by atoms with Gasteiger partial charge in [0, 0.05) is 15.6 Å². The lowest BCUT2D eigenvalue weighted by Gasteiger charge is -2.43. The molecule has 0 unspecified atom stereocenters. The first kappa shape index (κ1) is 22.5. The largest absolute Gasteiger partial charge is 0.464 e. The Bertz CT molecular complexity index is 1330. The summed E-state index contributed by atoms with van der Waals surface area (Å²) in [6.45, 7) is 0. The van der Waals surface area contributed by atoms with Gasteiger partial charge in [-0.1, -0.05) is 59.6 Å². The average Bonchev–Trinajstić information content (AvgIpc) is 3.24. The lowest BCUT2D eigenvalue weighted by Crippen LogP contribution is -2.53. The maximum atomic E-state index is 12.5. The monoisotopic (exact) mass is 508 g/mol. The average molecular weight is 509 g/mol. The van der Waals surface area contributed by atoms with E-state index in [1.54, 1.807) is 17.1 Å². The maximum Gasteiger partial charge on any atom is 0.365 e. The number of carbonyl (C=O) groups is 1. The minimum absolute atomic E-state index is 0.207. The first-order valence-corrected chi connectivity index (χ1v) is 11.9. The molecule has 0 N–H and O–H groups in total. The molecular weight excluding hydrogens is 491 g/mol. The summed E-state index contributed by atoms with van der Waals surface area (Å²) in [4.78, 5) is 11.5. The van der Waals surface area contributed by atoms with Crippen LogP contribution in [0.15, 0.2) is 101 Å². The zero-order valence-corrected chi connectivity index (χ0v) is 20.3. The van der Waals surface area contributed by atoms with E-state index in [1.165, 1.54) is 18.9 Å². The zero-order valence-electron chi connectivity index (χ0n) is 17.9. The summed E-state index contributed by atoms with van der Waals surface area (Å²) in [6, 6.07) is 24.5. The van der Waals surface area contributed by atoms with Crippen LogP contribution in [0, 0.1) is 0 Å². The number of hydrogen-bond acceptors (Lipinski definition) is 7. The zero-order chi connectivity index (χ0) is 23.7. The summed E-state index contributed by atoms with van der Waals surface area (Å²) in [5.74, 6) is -0.525. The molecule has 2 heterocycles. The highest BCUT2D eigenvalue weighted by molar-refractivity contribution is 8.17. The molecule has 3 aromatic rings. The third-order valence-electron chi connectivity index (χ3n) is 5.26. The number of para-hydroxylation sites is 1. The molecule has 34 heavy (non-hydrogen) atoms. The second-order valence-corrected chi connectivity index (χ2v) is 9.49. The Labute approximate surface area is 211 Å². The van der Waals surface area contributed by atoms with Crippen molar-refractivity contribution in [1.29, 1.82) is 0 Å². The molecule has 0 aromatic heterocycles. The van der Waals surface area contributed by atoms with Crippen LogP contribution in [0.2, 0.25) is 10.0 Å². The number of halogens is 2. The van der Waals surface area contributed by atoms with E-state index in [0.717, 1.165) is 17.0 Å². The fourth-order valence-electron chi connectivity index (χ4n) is 3.68. The van der Waals surface area contributed by atoms with Gasteiger partial charge in [-0.3, -0.25) is 0 Å². The molecule has 2 aliphatic rings. The number of rotatable bonds is 4. The molecule has 6 nitrogen and oxygen atoms in total. The summed E-state index contributed by atoms with van der Waals surface area (Å²) in [6.07, 6.45) is 3.89. The summed E-state index contributed by atoms with van der Waals surface area (Å²) in [5.41, 5.74) is 3.17. The first-order chi connectivity index (χ1) is 16.5. The van der Waals surface area contributed by atoms with E-state index in [9.17, 15) is 4.79 Å². The number of methoxy groups -OCH3 is 1. The first-order valence-electron chi connectivity index (χ1n) is 10.3. The number of hydrazone groups is 2. The molecular formula is C25H18Cl2N4O2S. The van der Waals surface area contributed by atoms with Crippen LogP contribution < -0.4 is 10.0 Å². The second kappa shape index (κ2) is 9.18. The molecule has 0 saturated carbocycles. The van der Waals surface area contributed by atoms with Crippen molar-refractivity contribution in [2.45, 2.75) is 4.99 Å². The number of benzene rings is 3. The van der Waals surface area contributed by atoms with Crippen molar-refractivity contribution in [3.8, 4) is 0 Å². The fraction of sp³-hybridized carbons (Fsp3) is 0.0800. The molecule has 0 aliphatic carbocycles. The van der Waals surface area contributed by atoms with Gasteiger partial charge in [0.1, 0.15) is 0 Å². The maximum absolute atomic E-state index is 12.5. The van der Waals surface area contributed by atoms with Gasteiger partial charge >= 0.3 is 5.97 Å². The van der Waals surface area contributed by atoms with Crippen molar-refractivity contribution in [3.63, 3.8) is 0 Å². The van der Waals surface area contributed by atoms with Gasteiger partial charge in [-0.05, 0) is 66.4 Å². The number of allylic oxidation sites excluding steroid dienone is 1. The Balaban J connectivity index is 1.67. The van der Waals surface area contributed by atoms with Crippen LogP contribution >= 0.6 is 35.0 Å². The fourth-order valence-corrected chi connectivity index (χ4v) is 5.17. The number of ether oxygens (including phenoxy) is 1. The van der Waals surface area contributed by atoms with Crippen molar-refractivity contribution in [3.05, 3.63) is 107 Å². The van der Waals surface area contributed by atoms with Gasteiger partial charge in [0.2, 0.25) is 10.0 Å². The third-order valence-corrected chi connectivity index (χ3v) is 6.98. The number of esters is 1. The van der Waals surface area contributed by atoms with Gasteiger partial charge in [0.05, 0.1) is 24.2 Å². The molecule has 3 aromatic carbocycles. The Morgan fingerprint density at radius 1 is 0.882 bits per heavy atom. The van der Waals surface area contributed by atoms with Crippen molar-refractivity contribution in [1.82, 2.24) is 0 Å². The molecule has 170 valence electrons. The summed E-state index contributed by atoms with van der Waals surface area (Å²) in [7, 11) is 1.34. The lowest BCUT2D eigenvalue weighted by molar-refractivity contribution is -0.132. The summed E-state index contributed by atoms with van der Waals surface area (Å²) in [5, 5.41) is 14.6. The molecule has 0 fully saturated rings. The van der Waals surface area contributed by atoms with Crippen LogP contribution in [-0.4, -0.2) is 28.8 Å².